The number of nitrogens with one attached hydrogen (secondary N) is 3. The SMILES string of the molecule is CCCCCC1C(CCCO)OC(CCCCCCNO)C(CCCCNO)C1NO. The molecule has 0 aromatic carbocycles. The fourth-order valence-corrected chi connectivity index (χ4v) is 5.10. The maximum absolute atomic E-state index is 10.2. The van der Waals surface area contributed by atoms with Crippen LogP contribution in [0.3, 0.4) is 0 Å². The van der Waals surface area contributed by atoms with Gasteiger partial charge in [0.1, 0.15) is 0 Å². The largest absolute Gasteiger partial charge is 0.396 e. The van der Waals surface area contributed by atoms with Gasteiger partial charge in [-0.05, 0) is 44.9 Å². The molecule has 8 heteroatoms. The number of hydrogen-bond acceptors (Lipinski definition) is 8. The Labute approximate surface area is 189 Å². The van der Waals surface area contributed by atoms with E-state index in [0.29, 0.717) is 13.1 Å². The zero-order chi connectivity index (χ0) is 22.7. The van der Waals surface area contributed by atoms with Crippen LogP contribution in [0.4, 0.5) is 0 Å². The van der Waals surface area contributed by atoms with E-state index in [1.54, 1.807) is 0 Å². The average molecular weight is 448 g/mol. The number of aliphatic hydroxyl groups is 1. The highest BCUT2D eigenvalue weighted by molar-refractivity contribution is 4.94. The monoisotopic (exact) mass is 447 g/mol. The summed E-state index contributed by atoms with van der Waals surface area (Å²) in [6.45, 7) is 3.57. The topological polar surface area (TPSA) is 126 Å². The Hall–Kier alpha value is -0.320. The van der Waals surface area contributed by atoms with Crippen molar-refractivity contribution in [3.63, 3.8) is 0 Å². The predicted octanol–water partition coefficient (Wildman–Crippen LogP) is 3.76. The molecule has 1 aliphatic heterocycles. The van der Waals surface area contributed by atoms with E-state index in [0.717, 1.165) is 83.5 Å². The van der Waals surface area contributed by atoms with Gasteiger partial charge >= 0.3 is 0 Å². The third kappa shape index (κ3) is 11.4. The molecule has 0 amide bonds. The highest BCUT2D eigenvalue weighted by Crippen LogP contribution is 2.39. The molecule has 0 radical (unpaired) electrons. The molecule has 0 spiro atoms. The molecule has 0 aromatic rings. The van der Waals surface area contributed by atoms with Gasteiger partial charge in [0.25, 0.3) is 0 Å². The first-order chi connectivity index (χ1) is 15.2. The molecule has 1 heterocycles. The molecule has 31 heavy (non-hydrogen) atoms. The molecular weight excluding hydrogens is 398 g/mol. The molecule has 5 atom stereocenters. The first-order valence-corrected chi connectivity index (χ1v) is 12.6. The first kappa shape index (κ1) is 28.7. The molecule has 0 aromatic heterocycles. The van der Waals surface area contributed by atoms with Crippen molar-refractivity contribution >= 4 is 0 Å². The van der Waals surface area contributed by atoms with Gasteiger partial charge in [-0.1, -0.05) is 51.9 Å². The fraction of sp³-hybridized carbons (Fsp3) is 1.00. The third-order valence-electron chi connectivity index (χ3n) is 6.77. The second kappa shape index (κ2) is 19.2. The van der Waals surface area contributed by atoms with E-state index in [2.05, 4.69) is 23.4 Å². The minimum absolute atomic E-state index is 0.0000244. The molecule has 5 unspecified atom stereocenters. The molecule has 0 bridgehead atoms. The van der Waals surface area contributed by atoms with Gasteiger partial charge in [-0.3, -0.25) is 0 Å². The third-order valence-corrected chi connectivity index (χ3v) is 6.77. The Balaban J connectivity index is 2.82. The first-order valence-electron chi connectivity index (χ1n) is 12.6. The van der Waals surface area contributed by atoms with E-state index in [-0.39, 0.29) is 36.7 Å². The van der Waals surface area contributed by atoms with Crippen molar-refractivity contribution in [2.75, 3.05) is 19.7 Å². The van der Waals surface area contributed by atoms with Crippen molar-refractivity contribution in [2.24, 2.45) is 11.8 Å². The number of ether oxygens (including phenoxy) is 1. The van der Waals surface area contributed by atoms with Crippen molar-refractivity contribution in [3.05, 3.63) is 0 Å². The van der Waals surface area contributed by atoms with E-state index in [1.807, 2.05) is 0 Å². The lowest BCUT2D eigenvalue weighted by atomic mass is 9.73. The Bertz CT molecular complexity index is 405. The summed E-state index contributed by atoms with van der Waals surface area (Å²) < 4.78 is 6.68. The van der Waals surface area contributed by atoms with Crippen LogP contribution >= 0.6 is 0 Å². The van der Waals surface area contributed by atoms with E-state index < -0.39 is 0 Å². The Morgan fingerprint density at radius 3 is 1.71 bits per heavy atom. The smallest absolute Gasteiger partial charge is 0.0623 e. The average Bonchev–Trinajstić information content (AvgIpc) is 2.78. The maximum Gasteiger partial charge on any atom is 0.0623 e. The summed E-state index contributed by atoms with van der Waals surface area (Å²) in [4.78, 5) is 0. The van der Waals surface area contributed by atoms with E-state index in [4.69, 9.17) is 15.2 Å². The Kier molecular flexibility index (Phi) is 17.8. The van der Waals surface area contributed by atoms with Crippen LogP contribution in [0.5, 0.6) is 0 Å². The highest BCUT2D eigenvalue weighted by atomic mass is 16.5. The van der Waals surface area contributed by atoms with Crippen LogP contribution in [0.15, 0.2) is 0 Å². The standard InChI is InChI=1S/C23H49N3O5/c1-2-3-6-12-19-22(15-11-18-27)31-21(14-7-4-5-9-16-24-28)20(23(19)26-30)13-8-10-17-25-29/h19-30H,2-18H2,1H3. The summed E-state index contributed by atoms with van der Waals surface area (Å²) in [6.07, 6.45) is 14.2. The predicted molar refractivity (Wildman–Crippen MR) is 121 cm³/mol. The van der Waals surface area contributed by atoms with Gasteiger partial charge in [-0.15, -0.1) is 0 Å². The number of rotatable bonds is 20. The molecule has 1 saturated heterocycles. The fourth-order valence-electron chi connectivity index (χ4n) is 5.10. The van der Waals surface area contributed by atoms with E-state index in [1.165, 1.54) is 6.42 Å². The van der Waals surface area contributed by atoms with Crippen LogP contribution in [0.2, 0.25) is 0 Å². The van der Waals surface area contributed by atoms with E-state index in [9.17, 15) is 10.3 Å². The number of hydroxylamine groups is 3. The van der Waals surface area contributed by atoms with Crippen LogP contribution in [0, 0.1) is 11.8 Å². The lowest BCUT2D eigenvalue weighted by molar-refractivity contribution is -0.159. The second-order valence-corrected chi connectivity index (χ2v) is 9.07. The normalized spacial score (nSPS) is 26.4. The van der Waals surface area contributed by atoms with Gasteiger partial charge < -0.3 is 25.5 Å². The number of hydrogen-bond donors (Lipinski definition) is 7. The summed E-state index contributed by atoms with van der Waals surface area (Å²) in [5.41, 5.74) is 7.12. The van der Waals surface area contributed by atoms with Crippen LogP contribution in [-0.4, -0.2) is 58.7 Å². The summed E-state index contributed by atoms with van der Waals surface area (Å²) in [6, 6.07) is -0.0000244. The molecule has 0 aliphatic carbocycles. The van der Waals surface area contributed by atoms with Crippen molar-refractivity contribution < 1.29 is 25.5 Å². The van der Waals surface area contributed by atoms with Gasteiger partial charge in [-0.2, -0.15) is 0 Å². The summed E-state index contributed by atoms with van der Waals surface area (Å²) in [7, 11) is 0. The summed E-state index contributed by atoms with van der Waals surface area (Å²) in [5.74, 6) is 0.482. The van der Waals surface area contributed by atoms with Crippen molar-refractivity contribution in [2.45, 2.75) is 115 Å². The zero-order valence-corrected chi connectivity index (χ0v) is 19.6. The maximum atomic E-state index is 10.2. The number of unbranched alkanes of at least 4 members (excludes halogenated alkanes) is 6. The lowest BCUT2D eigenvalue weighted by Crippen LogP contribution is -2.56. The van der Waals surface area contributed by atoms with Crippen LogP contribution in [0.25, 0.3) is 0 Å². The van der Waals surface area contributed by atoms with Gasteiger partial charge in [0.2, 0.25) is 0 Å². The summed E-state index contributed by atoms with van der Waals surface area (Å²) >= 11 is 0. The molecule has 8 nitrogen and oxygen atoms in total. The lowest BCUT2D eigenvalue weighted by Gasteiger charge is -2.47. The van der Waals surface area contributed by atoms with Crippen molar-refractivity contribution in [1.82, 2.24) is 16.4 Å². The highest BCUT2D eigenvalue weighted by Gasteiger charge is 2.44. The quantitative estimate of drug-likeness (QED) is 0.111. The van der Waals surface area contributed by atoms with Crippen molar-refractivity contribution in [1.29, 1.82) is 0 Å². The van der Waals surface area contributed by atoms with Gasteiger partial charge in [-0.25, -0.2) is 16.4 Å². The van der Waals surface area contributed by atoms with Gasteiger partial charge in [0.05, 0.1) is 12.2 Å². The van der Waals surface area contributed by atoms with Gasteiger partial charge in [0, 0.05) is 37.6 Å². The second-order valence-electron chi connectivity index (χ2n) is 9.07. The van der Waals surface area contributed by atoms with Crippen LogP contribution in [0.1, 0.15) is 96.8 Å². The van der Waals surface area contributed by atoms with Crippen molar-refractivity contribution in [3.8, 4) is 0 Å². The van der Waals surface area contributed by atoms with Gasteiger partial charge in [0.15, 0.2) is 0 Å². The molecular formula is C23H49N3O5. The molecule has 186 valence electrons. The molecule has 7 N–H and O–H groups in total. The molecule has 1 aliphatic rings. The molecule has 1 fully saturated rings. The minimum atomic E-state index is -0.0000244. The number of aliphatic hydroxyl groups excluding tert-OH is 1. The Morgan fingerprint density at radius 2 is 1.16 bits per heavy atom. The van der Waals surface area contributed by atoms with E-state index >= 15 is 0 Å². The summed E-state index contributed by atoms with van der Waals surface area (Å²) in [5, 5.41) is 37.1. The molecule has 0 saturated carbocycles. The zero-order valence-electron chi connectivity index (χ0n) is 19.6. The van der Waals surface area contributed by atoms with Crippen LogP contribution < -0.4 is 16.4 Å². The minimum Gasteiger partial charge on any atom is -0.396 e. The Morgan fingerprint density at radius 1 is 0.645 bits per heavy atom. The molecule has 1 rings (SSSR count). The van der Waals surface area contributed by atoms with Crippen LogP contribution in [-0.2, 0) is 4.74 Å².